The van der Waals surface area contributed by atoms with Crippen molar-refractivity contribution in [1.29, 1.82) is 0 Å². The van der Waals surface area contributed by atoms with Crippen molar-refractivity contribution in [3.05, 3.63) is 188 Å². The van der Waals surface area contributed by atoms with Crippen LogP contribution in [-0.4, -0.2) is 4.98 Å². The van der Waals surface area contributed by atoms with Gasteiger partial charge in [0.1, 0.15) is 5.52 Å². The fourth-order valence-electron chi connectivity index (χ4n) is 8.50. The van der Waals surface area contributed by atoms with Crippen LogP contribution in [0, 0.1) is 0 Å². The lowest BCUT2D eigenvalue weighted by Crippen LogP contribution is -1.93. The normalized spacial score (nSPS) is 11.8. The van der Waals surface area contributed by atoms with Crippen LogP contribution in [0.2, 0.25) is 0 Å². The zero-order valence-electron chi connectivity index (χ0n) is 28.8. The largest absolute Gasteiger partial charge is 0.435 e. The fraction of sp³-hybridized carbons (Fsp3) is 0. The Hall–Kier alpha value is -7.03. The monoisotopic (exact) mass is 673 g/mol. The Bertz CT molecular complexity index is 3160. The smallest absolute Gasteiger partial charge is 0.227 e. The molecule has 246 valence electrons. The van der Waals surface area contributed by atoms with Gasteiger partial charge in [-0.25, -0.2) is 4.98 Å². The summed E-state index contributed by atoms with van der Waals surface area (Å²) >= 11 is 0. The van der Waals surface area contributed by atoms with E-state index in [0.29, 0.717) is 5.89 Å². The first kappa shape index (κ1) is 29.7. The number of rotatable bonds is 4. The van der Waals surface area contributed by atoms with E-state index < -0.39 is 0 Å². The SMILES string of the molecule is c1ccc(-c2ccc3cccc(-c4c5ccccc5c(-c5cc6ccc7nc(-c8ccccc8)oc7c6c6ccccc56)c5ccccc45)c3c2)cc1. The third-order valence-electron chi connectivity index (χ3n) is 10.9. The molecule has 0 N–H and O–H groups in total. The molecule has 0 saturated heterocycles. The second-order valence-electron chi connectivity index (χ2n) is 13.8. The number of fused-ring (bicyclic) bond motifs is 8. The minimum absolute atomic E-state index is 0.637. The van der Waals surface area contributed by atoms with Crippen LogP contribution >= 0.6 is 0 Å². The van der Waals surface area contributed by atoms with Crippen molar-refractivity contribution < 1.29 is 4.42 Å². The van der Waals surface area contributed by atoms with Crippen molar-refractivity contribution in [1.82, 2.24) is 4.98 Å². The molecule has 0 amide bonds. The van der Waals surface area contributed by atoms with Crippen molar-refractivity contribution in [2.24, 2.45) is 0 Å². The topological polar surface area (TPSA) is 26.0 Å². The summed E-state index contributed by atoms with van der Waals surface area (Å²) in [6, 6.07) is 67.7. The Kier molecular flexibility index (Phi) is 6.59. The summed E-state index contributed by atoms with van der Waals surface area (Å²) in [5, 5.41) is 12.0. The molecule has 0 fully saturated rings. The molecule has 53 heavy (non-hydrogen) atoms. The molecule has 0 bridgehead atoms. The van der Waals surface area contributed by atoms with Crippen molar-refractivity contribution in [3.63, 3.8) is 0 Å². The number of hydrogen-bond acceptors (Lipinski definition) is 2. The highest BCUT2D eigenvalue weighted by Gasteiger charge is 2.21. The molecule has 1 aromatic heterocycles. The first-order valence-electron chi connectivity index (χ1n) is 18.1. The molecule has 0 aliphatic heterocycles. The van der Waals surface area contributed by atoms with E-state index in [1.54, 1.807) is 0 Å². The van der Waals surface area contributed by atoms with E-state index in [9.17, 15) is 0 Å². The Morgan fingerprint density at radius 2 is 0.906 bits per heavy atom. The number of aromatic nitrogens is 1. The lowest BCUT2D eigenvalue weighted by Gasteiger charge is -2.20. The second kappa shape index (κ2) is 11.8. The molecule has 1 heterocycles. The van der Waals surface area contributed by atoms with Crippen LogP contribution in [0.3, 0.4) is 0 Å². The quantitative estimate of drug-likeness (QED) is 0.137. The maximum Gasteiger partial charge on any atom is 0.227 e. The van der Waals surface area contributed by atoms with Gasteiger partial charge in [-0.05, 0) is 112 Å². The van der Waals surface area contributed by atoms with E-state index in [1.807, 2.05) is 30.3 Å². The molecule has 2 nitrogen and oxygen atoms in total. The average molecular weight is 674 g/mol. The Labute approximate surface area is 306 Å². The van der Waals surface area contributed by atoms with Crippen LogP contribution in [0.25, 0.3) is 110 Å². The van der Waals surface area contributed by atoms with Gasteiger partial charge in [-0.15, -0.1) is 0 Å². The standard InChI is InChI=1S/C51H31NO/c1-3-14-32(15-4-1)35-27-26-33-18-13-25-43(44(33)30-35)48-39-21-9-11-23-41(39)49(42-24-12-10-22-40(42)48)45-31-36-28-29-46-50(47(36)38-20-8-7-19-37(38)45)53-51(52-46)34-16-5-2-6-17-34/h1-31H. The highest BCUT2D eigenvalue weighted by molar-refractivity contribution is 6.28. The molecule has 0 aliphatic carbocycles. The fourth-order valence-corrected chi connectivity index (χ4v) is 8.50. The van der Waals surface area contributed by atoms with E-state index in [1.165, 1.54) is 71.1 Å². The minimum Gasteiger partial charge on any atom is -0.435 e. The summed E-state index contributed by atoms with van der Waals surface area (Å²) in [5.41, 5.74) is 10.0. The average Bonchev–Trinajstić information content (AvgIpc) is 3.68. The maximum absolute atomic E-state index is 6.59. The van der Waals surface area contributed by atoms with E-state index in [2.05, 4.69) is 158 Å². The lowest BCUT2D eigenvalue weighted by molar-refractivity contribution is 0.623. The predicted molar refractivity (Wildman–Crippen MR) is 223 cm³/mol. The zero-order valence-corrected chi connectivity index (χ0v) is 28.8. The molecule has 10 aromatic carbocycles. The summed E-state index contributed by atoms with van der Waals surface area (Å²) < 4.78 is 6.59. The van der Waals surface area contributed by atoms with Crippen molar-refractivity contribution >= 4 is 65.0 Å². The molecular formula is C51H31NO. The van der Waals surface area contributed by atoms with Gasteiger partial charge in [-0.2, -0.15) is 0 Å². The molecule has 0 radical (unpaired) electrons. The van der Waals surface area contributed by atoms with Crippen molar-refractivity contribution in [3.8, 4) is 44.8 Å². The van der Waals surface area contributed by atoms with Gasteiger partial charge >= 0.3 is 0 Å². The molecule has 0 atom stereocenters. The Balaban J connectivity index is 1.21. The van der Waals surface area contributed by atoms with Gasteiger partial charge in [-0.1, -0.05) is 158 Å². The first-order chi connectivity index (χ1) is 26.3. The Morgan fingerprint density at radius 1 is 0.340 bits per heavy atom. The van der Waals surface area contributed by atoms with Crippen LogP contribution in [0.1, 0.15) is 0 Å². The van der Waals surface area contributed by atoms with Gasteiger partial charge < -0.3 is 4.42 Å². The molecule has 0 spiro atoms. The van der Waals surface area contributed by atoms with Crippen LogP contribution in [0.5, 0.6) is 0 Å². The van der Waals surface area contributed by atoms with E-state index in [0.717, 1.165) is 32.8 Å². The number of benzene rings is 10. The van der Waals surface area contributed by atoms with Gasteiger partial charge in [-0.3, -0.25) is 0 Å². The van der Waals surface area contributed by atoms with E-state index >= 15 is 0 Å². The first-order valence-corrected chi connectivity index (χ1v) is 18.1. The molecule has 0 aliphatic rings. The van der Waals surface area contributed by atoms with E-state index in [4.69, 9.17) is 9.40 Å². The van der Waals surface area contributed by atoms with Crippen molar-refractivity contribution in [2.45, 2.75) is 0 Å². The molecule has 11 rings (SSSR count). The highest BCUT2D eigenvalue weighted by Crippen LogP contribution is 2.48. The zero-order chi connectivity index (χ0) is 34.9. The van der Waals surface area contributed by atoms with Gasteiger partial charge in [0.05, 0.1) is 0 Å². The third kappa shape index (κ3) is 4.63. The molecule has 0 saturated carbocycles. The second-order valence-corrected chi connectivity index (χ2v) is 13.8. The summed E-state index contributed by atoms with van der Waals surface area (Å²) in [7, 11) is 0. The van der Waals surface area contributed by atoms with Crippen LogP contribution in [0.4, 0.5) is 0 Å². The molecule has 0 unspecified atom stereocenters. The van der Waals surface area contributed by atoms with Crippen molar-refractivity contribution in [2.75, 3.05) is 0 Å². The minimum atomic E-state index is 0.637. The van der Waals surface area contributed by atoms with Gasteiger partial charge in [0.2, 0.25) is 5.89 Å². The highest BCUT2D eigenvalue weighted by atomic mass is 16.3. The van der Waals surface area contributed by atoms with Gasteiger partial charge in [0, 0.05) is 10.9 Å². The number of oxazole rings is 1. The van der Waals surface area contributed by atoms with Crippen LogP contribution in [-0.2, 0) is 0 Å². The van der Waals surface area contributed by atoms with E-state index in [-0.39, 0.29) is 0 Å². The van der Waals surface area contributed by atoms with Crippen LogP contribution < -0.4 is 0 Å². The molecular weight excluding hydrogens is 643 g/mol. The summed E-state index contributed by atoms with van der Waals surface area (Å²) in [5.74, 6) is 0.637. The molecule has 2 heteroatoms. The Morgan fingerprint density at radius 3 is 1.58 bits per heavy atom. The summed E-state index contributed by atoms with van der Waals surface area (Å²) in [6.07, 6.45) is 0. The maximum atomic E-state index is 6.59. The van der Waals surface area contributed by atoms with Gasteiger partial charge in [0.15, 0.2) is 5.58 Å². The molecule has 11 aromatic rings. The van der Waals surface area contributed by atoms with Crippen LogP contribution in [0.15, 0.2) is 192 Å². The van der Waals surface area contributed by atoms with Gasteiger partial charge in [0.25, 0.3) is 0 Å². The predicted octanol–water partition coefficient (Wildman–Crippen LogP) is 14.3. The summed E-state index contributed by atoms with van der Waals surface area (Å²) in [6.45, 7) is 0. The number of hydrogen-bond donors (Lipinski definition) is 0. The summed E-state index contributed by atoms with van der Waals surface area (Å²) in [4.78, 5) is 4.92. The third-order valence-corrected chi connectivity index (χ3v) is 10.9. The lowest BCUT2D eigenvalue weighted by atomic mass is 9.83. The number of nitrogens with zero attached hydrogens (tertiary/aromatic N) is 1.